The Morgan fingerprint density at radius 1 is 1.50 bits per heavy atom. The Morgan fingerprint density at radius 2 is 2.25 bits per heavy atom. The maximum atomic E-state index is 13.2. The van der Waals surface area contributed by atoms with Gasteiger partial charge < -0.3 is 0 Å². The van der Waals surface area contributed by atoms with E-state index in [0.717, 1.165) is 12.3 Å². The summed E-state index contributed by atoms with van der Waals surface area (Å²) in [5, 5.41) is 10.4. The molecule has 84 valence electrons. The number of rotatable bonds is 4. The van der Waals surface area contributed by atoms with Crippen LogP contribution in [-0.2, 0) is 0 Å². The van der Waals surface area contributed by atoms with Gasteiger partial charge in [-0.05, 0) is 42.9 Å². The monoisotopic (exact) mass is 221 g/mol. The predicted molar refractivity (Wildman–Crippen MR) is 59.4 cm³/mol. The van der Waals surface area contributed by atoms with Crippen molar-refractivity contribution in [2.45, 2.75) is 19.3 Å². The molecule has 1 saturated carbocycles. The van der Waals surface area contributed by atoms with Gasteiger partial charge >= 0.3 is 5.69 Å². The van der Waals surface area contributed by atoms with Crippen LogP contribution < -0.4 is 0 Å². The van der Waals surface area contributed by atoms with Crippen LogP contribution in [0.4, 0.5) is 10.1 Å². The lowest BCUT2D eigenvalue weighted by Gasteiger charge is -1.96. The van der Waals surface area contributed by atoms with E-state index in [4.69, 9.17) is 0 Å². The van der Waals surface area contributed by atoms with Crippen molar-refractivity contribution >= 4 is 11.8 Å². The molecule has 1 fully saturated rings. The summed E-state index contributed by atoms with van der Waals surface area (Å²) < 4.78 is 13.2. The molecule has 0 saturated heterocycles. The topological polar surface area (TPSA) is 43.1 Å². The quantitative estimate of drug-likeness (QED) is 0.576. The van der Waals surface area contributed by atoms with Crippen LogP contribution in [0.1, 0.15) is 24.8 Å². The van der Waals surface area contributed by atoms with Gasteiger partial charge in [0.1, 0.15) is 0 Å². The molecule has 1 aliphatic rings. The standard InChI is InChI=1S/C12H12FNO2/c13-11-8-10(3-1-2-9-4-5-9)6-7-12(11)14(15)16/h1,3,6-9H,2,4-5H2. The Balaban J connectivity index is 2.07. The summed E-state index contributed by atoms with van der Waals surface area (Å²) >= 11 is 0. The zero-order valence-electron chi connectivity index (χ0n) is 8.73. The molecular formula is C12H12FNO2. The zero-order chi connectivity index (χ0) is 11.5. The average molecular weight is 221 g/mol. The molecule has 4 heteroatoms. The number of hydrogen-bond donors (Lipinski definition) is 0. The summed E-state index contributed by atoms with van der Waals surface area (Å²) in [6, 6.07) is 3.96. The van der Waals surface area contributed by atoms with E-state index in [9.17, 15) is 14.5 Å². The van der Waals surface area contributed by atoms with Gasteiger partial charge in [0, 0.05) is 6.07 Å². The Morgan fingerprint density at radius 3 is 2.81 bits per heavy atom. The second-order valence-electron chi connectivity index (χ2n) is 4.05. The molecule has 0 radical (unpaired) electrons. The van der Waals surface area contributed by atoms with E-state index in [1.54, 1.807) is 6.07 Å². The fourth-order valence-corrected chi connectivity index (χ4v) is 1.53. The van der Waals surface area contributed by atoms with E-state index in [2.05, 4.69) is 0 Å². The highest BCUT2D eigenvalue weighted by atomic mass is 19.1. The van der Waals surface area contributed by atoms with E-state index in [1.165, 1.54) is 25.0 Å². The molecule has 2 rings (SSSR count). The van der Waals surface area contributed by atoms with Crippen molar-refractivity contribution in [3.63, 3.8) is 0 Å². The van der Waals surface area contributed by atoms with Crippen molar-refractivity contribution in [1.29, 1.82) is 0 Å². The van der Waals surface area contributed by atoms with Crippen LogP contribution >= 0.6 is 0 Å². The number of nitro groups is 1. The van der Waals surface area contributed by atoms with Gasteiger partial charge in [-0.1, -0.05) is 12.2 Å². The summed E-state index contributed by atoms with van der Waals surface area (Å²) in [4.78, 5) is 9.68. The van der Waals surface area contributed by atoms with Crippen molar-refractivity contribution in [2.75, 3.05) is 0 Å². The first-order valence-electron chi connectivity index (χ1n) is 5.27. The van der Waals surface area contributed by atoms with E-state index >= 15 is 0 Å². The molecule has 1 aromatic carbocycles. The van der Waals surface area contributed by atoms with E-state index in [1.807, 2.05) is 12.2 Å². The van der Waals surface area contributed by atoms with Gasteiger partial charge in [0.25, 0.3) is 0 Å². The third kappa shape index (κ3) is 2.66. The maximum Gasteiger partial charge on any atom is 0.304 e. The summed E-state index contributed by atoms with van der Waals surface area (Å²) in [6.45, 7) is 0. The molecule has 1 aliphatic carbocycles. The first kappa shape index (κ1) is 10.8. The minimum atomic E-state index is -0.779. The Kier molecular flexibility index (Phi) is 2.99. The summed E-state index contributed by atoms with van der Waals surface area (Å²) in [5.41, 5.74) is 0.197. The Labute approximate surface area is 92.7 Å². The van der Waals surface area contributed by atoms with Crippen LogP contribution in [0, 0.1) is 21.8 Å². The zero-order valence-corrected chi connectivity index (χ0v) is 8.73. The van der Waals surface area contributed by atoms with Crippen LogP contribution in [0.5, 0.6) is 0 Å². The molecule has 3 nitrogen and oxygen atoms in total. The average Bonchev–Trinajstić information content (AvgIpc) is 3.01. The lowest BCUT2D eigenvalue weighted by atomic mass is 10.1. The van der Waals surface area contributed by atoms with Crippen molar-refractivity contribution in [3.05, 3.63) is 45.8 Å². The predicted octanol–water partition coefficient (Wildman–Crippen LogP) is 3.55. The van der Waals surface area contributed by atoms with Gasteiger partial charge in [-0.15, -0.1) is 0 Å². The molecule has 1 aromatic rings. The number of hydrogen-bond acceptors (Lipinski definition) is 2. The third-order valence-corrected chi connectivity index (χ3v) is 2.65. The van der Waals surface area contributed by atoms with Gasteiger partial charge in [0.05, 0.1) is 4.92 Å². The number of nitrogens with zero attached hydrogens (tertiary/aromatic N) is 1. The van der Waals surface area contributed by atoms with Gasteiger partial charge in [-0.3, -0.25) is 10.1 Å². The molecule has 0 N–H and O–H groups in total. The van der Waals surface area contributed by atoms with Crippen molar-refractivity contribution in [3.8, 4) is 0 Å². The molecule has 0 bridgehead atoms. The molecule has 0 heterocycles. The SMILES string of the molecule is O=[N+]([O-])c1ccc(C=CCC2CC2)cc1F. The lowest BCUT2D eigenvalue weighted by molar-refractivity contribution is -0.387. The lowest BCUT2D eigenvalue weighted by Crippen LogP contribution is -1.92. The normalized spacial score (nSPS) is 15.6. The smallest absolute Gasteiger partial charge is 0.258 e. The van der Waals surface area contributed by atoms with Gasteiger partial charge in [0.15, 0.2) is 0 Å². The minimum Gasteiger partial charge on any atom is -0.258 e. The highest BCUT2D eigenvalue weighted by Crippen LogP contribution is 2.32. The Bertz CT molecular complexity index is 439. The van der Waals surface area contributed by atoms with Gasteiger partial charge in [-0.2, -0.15) is 4.39 Å². The molecule has 0 amide bonds. The number of halogens is 1. The van der Waals surface area contributed by atoms with Crippen LogP contribution in [0.25, 0.3) is 6.08 Å². The van der Waals surface area contributed by atoms with Crippen LogP contribution in [0.15, 0.2) is 24.3 Å². The number of nitro benzene ring substituents is 1. The fourth-order valence-electron chi connectivity index (χ4n) is 1.53. The second kappa shape index (κ2) is 4.43. The highest BCUT2D eigenvalue weighted by molar-refractivity contribution is 5.52. The van der Waals surface area contributed by atoms with Gasteiger partial charge in [0.2, 0.25) is 5.82 Å². The summed E-state index contributed by atoms with van der Waals surface area (Å²) in [5.74, 6) is 0.0118. The first-order valence-corrected chi connectivity index (χ1v) is 5.27. The van der Waals surface area contributed by atoms with E-state index < -0.39 is 16.4 Å². The maximum absolute atomic E-state index is 13.2. The number of benzene rings is 1. The molecular weight excluding hydrogens is 209 g/mol. The summed E-state index contributed by atoms with van der Waals surface area (Å²) in [7, 11) is 0. The van der Waals surface area contributed by atoms with E-state index in [-0.39, 0.29) is 0 Å². The van der Waals surface area contributed by atoms with Crippen LogP contribution in [0.2, 0.25) is 0 Å². The molecule has 0 spiro atoms. The molecule has 0 aliphatic heterocycles. The number of allylic oxidation sites excluding steroid dienone is 1. The fraction of sp³-hybridized carbons (Fsp3) is 0.333. The van der Waals surface area contributed by atoms with Crippen LogP contribution in [0.3, 0.4) is 0 Å². The molecule has 0 unspecified atom stereocenters. The minimum absolute atomic E-state index is 0.473. The first-order chi connectivity index (χ1) is 7.66. The molecule has 16 heavy (non-hydrogen) atoms. The van der Waals surface area contributed by atoms with E-state index in [0.29, 0.717) is 5.56 Å². The second-order valence-corrected chi connectivity index (χ2v) is 4.05. The summed E-state index contributed by atoms with van der Waals surface area (Å²) in [6.07, 6.45) is 7.37. The molecule has 0 atom stereocenters. The van der Waals surface area contributed by atoms with Gasteiger partial charge in [-0.25, -0.2) is 0 Å². The highest BCUT2D eigenvalue weighted by Gasteiger charge is 2.19. The van der Waals surface area contributed by atoms with Crippen molar-refractivity contribution < 1.29 is 9.31 Å². The van der Waals surface area contributed by atoms with Crippen molar-refractivity contribution in [1.82, 2.24) is 0 Å². The Hall–Kier alpha value is -1.71. The third-order valence-electron chi connectivity index (χ3n) is 2.65. The molecule has 0 aromatic heterocycles. The van der Waals surface area contributed by atoms with Crippen LogP contribution in [-0.4, -0.2) is 4.92 Å². The van der Waals surface area contributed by atoms with Crippen molar-refractivity contribution in [2.24, 2.45) is 5.92 Å². The largest absolute Gasteiger partial charge is 0.304 e.